The van der Waals surface area contributed by atoms with Gasteiger partial charge in [-0.3, -0.25) is 4.99 Å². The minimum Gasteiger partial charge on any atom is -0.371 e. The molecule has 2 heterocycles. The lowest BCUT2D eigenvalue weighted by Crippen LogP contribution is -2.48. The Morgan fingerprint density at radius 1 is 1.33 bits per heavy atom. The van der Waals surface area contributed by atoms with Gasteiger partial charge in [-0.15, -0.1) is 24.0 Å². The van der Waals surface area contributed by atoms with Gasteiger partial charge in [0.15, 0.2) is 11.8 Å². The molecular weight excluding hydrogens is 498 g/mol. The first kappa shape index (κ1) is 24.4. The molecule has 1 aliphatic heterocycles. The Balaban J connectivity index is 0.00000320. The second-order valence-corrected chi connectivity index (χ2v) is 7.60. The molecule has 9 heteroatoms. The summed E-state index contributed by atoms with van der Waals surface area (Å²) in [6, 6.07) is 7.15. The number of halogens is 2. The minimum atomic E-state index is -0.189. The van der Waals surface area contributed by atoms with Gasteiger partial charge in [0.05, 0.1) is 6.54 Å². The van der Waals surface area contributed by atoms with Gasteiger partial charge in [0.25, 0.3) is 0 Å². The molecule has 2 aromatic rings. The topological polar surface area (TPSA) is 78.6 Å². The Morgan fingerprint density at radius 3 is 2.73 bits per heavy atom. The Hall–Kier alpha value is -1.91. The monoisotopic (exact) mass is 530 g/mol. The van der Waals surface area contributed by atoms with Crippen molar-refractivity contribution in [1.29, 1.82) is 0 Å². The van der Waals surface area contributed by atoms with E-state index in [1.807, 2.05) is 19.9 Å². The number of guanidine groups is 1. The predicted octanol–water partition coefficient (Wildman–Crippen LogP) is 3.72. The summed E-state index contributed by atoms with van der Waals surface area (Å²) in [6.07, 6.45) is 2.57. The summed E-state index contributed by atoms with van der Waals surface area (Å²) in [5.74, 6) is 2.23. The summed E-state index contributed by atoms with van der Waals surface area (Å²) < 4.78 is 18.7. The van der Waals surface area contributed by atoms with E-state index < -0.39 is 0 Å². The highest BCUT2D eigenvalue weighted by Crippen LogP contribution is 2.20. The van der Waals surface area contributed by atoms with Gasteiger partial charge in [-0.05, 0) is 38.0 Å². The van der Waals surface area contributed by atoms with Crippen molar-refractivity contribution in [3.05, 3.63) is 41.8 Å². The molecule has 1 saturated heterocycles. The number of aliphatic imine (C=N–C) groups is 1. The molecule has 0 radical (unpaired) electrons. The molecule has 0 aliphatic carbocycles. The molecule has 3 rings (SSSR count). The summed E-state index contributed by atoms with van der Waals surface area (Å²) in [5, 5.41) is 10.8. The van der Waals surface area contributed by atoms with E-state index in [1.54, 1.807) is 12.1 Å². The lowest BCUT2D eigenvalue weighted by Gasteiger charge is -2.34. The Labute approximate surface area is 194 Å². The van der Waals surface area contributed by atoms with Crippen LogP contribution in [0.1, 0.15) is 51.2 Å². The van der Waals surface area contributed by atoms with E-state index >= 15 is 0 Å². The average Bonchev–Trinajstić information content (AvgIpc) is 3.18. The van der Waals surface area contributed by atoms with Crippen LogP contribution < -0.4 is 15.5 Å². The van der Waals surface area contributed by atoms with Crippen molar-refractivity contribution >= 4 is 35.6 Å². The van der Waals surface area contributed by atoms with E-state index in [4.69, 9.17) is 4.52 Å². The highest BCUT2D eigenvalue weighted by atomic mass is 127. The summed E-state index contributed by atoms with van der Waals surface area (Å²) in [6.45, 7) is 9.29. The zero-order valence-corrected chi connectivity index (χ0v) is 20.2. The Kier molecular flexibility index (Phi) is 9.80. The maximum absolute atomic E-state index is 13.5. The van der Waals surface area contributed by atoms with Crippen molar-refractivity contribution in [1.82, 2.24) is 20.8 Å². The van der Waals surface area contributed by atoms with Crippen molar-refractivity contribution in [3.8, 4) is 0 Å². The molecule has 1 aliphatic rings. The first-order valence-corrected chi connectivity index (χ1v) is 10.4. The van der Waals surface area contributed by atoms with Gasteiger partial charge >= 0.3 is 0 Å². The predicted molar refractivity (Wildman–Crippen MR) is 128 cm³/mol. The van der Waals surface area contributed by atoms with E-state index in [9.17, 15) is 4.39 Å². The minimum absolute atomic E-state index is 0. The number of benzene rings is 1. The average molecular weight is 530 g/mol. The van der Waals surface area contributed by atoms with Crippen LogP contribution in [0.5, 0.6) is 0 Å². The summed E-state index contributed by atoms with van der Waals surface area (Å²) >= 11 is 0. The number of hydrogen-bond acceptors (Lipinski definition) is 5. The quantitative estimate of drug-likeness (QED) is 0.323. The van der Waals surface area contributed by atoms with Crippen molar-refractivity contribution in [2.75, 3.05) is 31.1 Å². The number of piperidine rings is 1. The smallest absolute Gasteiger partial charge is 0.228 e. The van der Waals surface area contributed by atoms with E-state index in [0.717, 1.165) is 49.9 Å². The standard InChI is InChI=1S/C21H31FN6O.HI/c1-4-23-21(24-11-8-19-26-20(15(2)3)27-29-19)25-17-9-12-28(13-10-17)18-7-5-6-16(22)14-18;/h5-7,14-15,17H,4,8-13H2,1-3H3,(H2,23,24,25);1H. The molecule has 1 aromatic heterocycles. The van der Waals surface area contributed by atoms with E-state index in [2.05, 4.69) is 37.6 Å². The fourth-order valence-corrected chi connectivity index (χ4v) is 3.34. The number of nitrogens with zero attached hydrogens (tertiary/aromatic N) is 4. The fourth-order valence-electron chi connectivity index (χ4n) is 3.34. The van der Waals surface area contributed by atoms with Crippen LogP contribution in [-0.2, 0) is 6.42 Å². The van der Waals surface area contributed by atoms with Crippen LogP contribution in [0.25, 0.3) is 0 Å². The van der Waals surface area contributed by atoms with Crippen LogP contribution in [0.15, 0.2) is 33.8 Å². The SMILES string of the molecule is CCNC(=NCCc1nc(C(C)C)no1)NC1CCN(c2cccc(F)c2)CC1.I. The Bertz CT molecular complexity index is 804. The van der Waals surface area contributed by atoms with E-state index in [1.165, 1.54) is 6.07 Å². The molecule has 7 nitrogen and oxygen atoms in total. The molecular formula is C21H32FIN6O. The largest absolute Gasteiger partial charge is 0.371 e. The zero-order valence-electron chi connectivity index (χ0n) is 17.9. The van der Waals surface area contributed by atoms with Gasteiger partial charge in [0, 0.05) is 43.7 Å². The van der Waals surface area contributed by atoms with Crippen molar-refractivity contribution < 1.29 is 8.91 Å². The molecule has 0 amide bonds. The van der Waals surface area contributed by atoms with Gasteiger partial charge < -0.3 is 20.1 Å². The highest BCUT2D eigenvalue weighted by molar-refractivity contribution is 14.0. The highest BCUT2D eigenvalue weighted by Gasteiger charge is 2.20. The summed E-state index contributed by atoms with van der Waals surface area (Å²) in [5.41, 5.74) is 0.948. The molecule has 30 heavy (non-hydrogen) atoms. The third-order valence-electron chi connectivity index (χ3n) is 4.95. The van der Waals surface area contributed by atoms with Crippen LogP contribution in [0.2, 0.25) is 0 Å². The zero-order chi connectivity index (χ0) is 20.6. The van der Waals surface area contributed by atoms with Crippen molar-refractivity contribution in [2.45, 2.75) is 52.0 Å². The molecule has 0 atom stereocenters. The summed E-state index contributed by atoms with van der Waals surface area (Å²) in [7, 11) is 0. The molecule has 1 fully saturated rings. The number of rotatable bonds is 7. The first-order valence-electron chi connectivity index (χ1n) is 10.4. The van der Waals surface area contributed by atoms with Crippen LogP contribution >= 0.6 is 24.0 Å². The molecule has 166 valence electrons. The maximum Gasteiger partial charge on any atom is 0.228 e. The van der Waals surface area contributed by atoms with Crippen LogP contribution in [0, 0.1) is 5.82 Å². The molecule has 0 bridgehead atoms. The van der Waals surface area contributed by atoms with Crippen LogP contribution in [0.3, 0.4) is 0 Å². The number of anilines is 1. The van der Waals surface area contributed by atoms with E-state index in [0.29, 0.717) is 24.9 Å². The van der Waals surface area contributed by atoms with Crippen molar-refractivity contribution in [2.24, 2.45) is 4.99 Å². The van der Waals surface area contributed by atoms with Crippen LogP contribution in [0.4, 0.5) is 10.1 Å². The van der Waals surface area contributed by atoms with Gasteiger partial charge in [-0.1, -0.05) is 25.1 Å². The maximum atomic E-state index is 13.5. The Morgan fingerprint density at radius 2 is 2.10 bits per heavy atom. The third-order valence-corrected chi connectivity index (χ3v) is 4.95. The second-order valence-electron chi connectivity index (χ2n) is 7.60. The lowest BCUT2D eigenvalue weighted by atomic mass is 10.0. The van der Waals surface area contributed by atoms with Gasteiger partial charge in [-0.25, -0.2) is 4.39 Å². The fraction of sp³-hybridized carbons (Fsp3) is 0.571. The van der Waals surface area contributed by atoms with E-state index in [-0.39, 0.29) is 35.7 Å². The van der Waals surface area contributed by atoms with Gasteiger partial charge in [-0.2, -0.15) is 4.98 Å². The summed E-state index contributed by atoms with van der Waals surface area (Å²) in [4.78, 5) is 11.3. The molecule has 1 aromatic carbocycles. The molecule has 0 unspecified atom stereocenters. The number of aromatic nitrogens is 2. The van der Waals surface area contributed by atoms with Crippen LogP contribution in [-0.4, -0.2) is 48.3 Å². The third kappa shape index (κ3) is 7.10. The normalized spacial score (nSPS) is 15.2. The van der Waals surface area contributed by atoms with Gasteiger partial charge in [0.2, 0.25) is 5.89 Å². The number of hydrogen-bond donors (Lipinski definition) is 2. The van der Waals surface area contributed by atoms with Crippen molar-refractivity contribution in [3.63, 3.8) is 0 Å². The van der Waals surface area contributed by atoms with Gasteiger partial charge in [0.1, 0.15) is 5.82 Å². The molecule has 0 saturated carbocycles. The lowest BCUT2D eigenvalue weighted by molar-refractivity contribution is 0.372. The second kappa shape index (κ2) is 12.1. The first-order chi connectivity index (χ1) is 14.0. The molecule has 2 N–H and O–H groups in total. The molecule has 0 spiro atoms. The number of nitrogens with one attached hydrogen (secondary N) is 2.